The van der Waals surface area contributed by atoms with E-state index in [-0.39, 0.29) is 17.0 Å². The van der Waals surface area contributed by atoms with Gasteiger partial charge in [-0.25, -0.2) is 15.0 Å². The Labute approximate surface area is 145 Å². The van der Waals surface area contributed by atoms with E-state index in [4.69, 9.17) is 0 Å². The lowest BCUT2D eigenvalue weighted by molar-refractivity contribution is 0.0709. The van der Waals surface area contributed by atoms with Gasteiger partial charge in [-0.05, 0) is 38.7 Å². The van der Waals surface area contributed by atoms with Gasteiger partial charge in [-0.15, -0.1) is 0 Å². The molecule has 1 saturated heterocycles. The highest BCUT2D eigenvalue weighted by Crippen LogP contribution is 2.37. The van der Waals surface area contributed by atoms with Crippen LogP contribution in [0.2, 0.25) is 0 Å². The Bertz CT molecular complexity index is 851. The Morgan fingerprint density at radius 3 is 2.56 bits per heavy atom. The summed E-state index contributed by atoms with van der Waals surface area (Å²) in [4.78, 5) is 42.3. The van der Waals surface area contributed by atoms with Crippen LogP contribution in [0.25, 0.3) is 0 Å². The van der Waals surface area contributed by atoms with Crippen LogP contribution in [-0.2, 0) is 0 Å². The Morgan fingerprint density at radius 2 is 1.92 bits per heavy atom. The first-order valence-corrected chi connectivity index (χ1v) is 8.80. The number of rotatable bonds is 3. The normalized spacial score (nSPS) is 18.4. The summed E-state index contributed by atoms with van der Waals surface area (Å²) in [7, 11) is 0. The third kappa shape index (κ3) is 3.31. The number of amides is 1. The Morgan fingerprint density at radius 1 is 1.16 bits per heavy atom. The van der Waals surface area contributed by atoms with Gasteiger partial charge < -0.3 is 9.88 Å². The van der Waals surface area contributed by atoms with Crippen LogP contribution < -0.4 is 5.56 Å². The zero-order chi connectivity index (χ0) is 17.4. The zero-order valence-electron chi connectivity index (χ0n) is 14.2. The monoisotopic (exact) mass is 339 g/mol. The Balaban J connectivity index is 1.43. The molecule has 2 aliphatic rings. The van der Waals surface area contributed by atoms with Crippen molar-refractivity contribution in [1.82, 2.24) is 24.8 Å². The molecule has 0 spiro atoms. The van der Waals surface area contributed by atoms with Crippen molar-refractivity contribution in [2.75, 3.05) is 13.1 Å². The number of carbonyl (C=O) groups excluding carboxylic acids is 1. The number of carbonyl (C=O) groups is 1. The SMILES string of the molecule is Cc1nccc(C2CCN(C(=O)c3cnc(C4CC4)[nH]c3=O)CC2)n1. The number of piperidine rings is 1. The third-order valence-corrected chi connectivity index (χ3v) is 5.01. The minimum Gasteiger partial charge on any atom is -0.338 e. The summed E-state index contributed by atoms with van der Waals surface area (Å²) in [5.41, 5.74) is 0.851. The molecule has 2 aromatic rings. The zero-order valence-corrected chi connectivity index (χ0v) is 14.2. The number of nitrogens with one attached hydrogen (secondary N) is 1. The van der Waals surface area contributed by atoms with E-state index in [9.17, 15) is 9.59 Å². The summed E-state index contributed by atoms with van der Waals surface area (Å²) >= 11 is 0. The molecule has 0 bridgehead atoms. The van der Waals surface area contributed by atoms with Gasteiger partial charge in [-0.2, -0.15) is 0 Å². The van der Waals surface area contributed by atoms with Gasteiger partial charge in [0.1, 0.15) is 17.2 Å². The molecule has 4 rings (SSSR count). The van der Waals surface area contributed by atoms with E-state index >= 15 is 0 Å². The minimum atomic E-state index is -0.324. The van der Waals surface area contributed by atoms with Crippen LogP contribution >= 0.6 is 0 Å². The second kappa shape index (κ2) is 6.38. The largest absolute Gasteiger partial charge is 0.338 e. The molecule has 1 saturated carbocycles. The van der Waals surface area contributed by atoms with E-state index < -0.39 is 0 Å². The number of aromatic nitrogens is 4. The predicted molar refractivity (Wildman–Crippen MR) is 91.5 cm³/mol. The van der Waals surface area contributed by atoms with Gasteiger partial charge in [-0.1, -0.05) is 0 Å². The number of aryl methyl sites for hydroxylation is 1. The Kier molecular flexibility index (Phi) is 4.07. The van der Waals surface area contributed by atoms with E-state index in [1.807, 2.05) is 13.0 Å². The van der Waals surface area contributed by atoms with E-state index in [1.165, 1.54) is 6.20 Å². The molecule has 1 aliphatic heterocycles. The number of nitrogens with zero attached hydrogens (tertiary/aromatic N) is 4. The highest BCUT2D eigenvalue weighted by atomic mass is 16.2. The number of hydrogen-bond donors (Lipinski definition) is 1. The van der Waals surface area contributed by atoms with Gasteiger partial charge in [-0.3, -0.25) is 9.59 Å². The highest BCUT2D eigenvalue weighted by molar-refractivity contribution is 5.93. The smallest absolute Gasteiger partial charge is 0.263 e. The van der Waals surface area contributed by atoms with E-state index in [2.05, 4.69) is 19.9 Å². The van der Waals surface area contributed by atoms with Crippen LogP contribution in [-0.4, -0.2) is 43.8 Å². The average Bonchev–Trinajstić information content (AvgIpc) is 3.46. The fourth-order valence-electron chi connectivity index (χ4n) is 3.38. The lowest BCUT2D eigenvalue weighted by Crippen LogP contribution is -2.40. The molecular weight excluding hydrogens is 318 g/mol. The van der Waals surface area contributed by atoms with Crippen LogP contribution in [0.3, 0.4) is 0 Å². The van der Waals surface area contributed by atoms with E-state index in [0.717, 1.165) is 37.2 Å². The lowest BCUT2D eigenvalue weighted by atomic mass is 9.93. The van der Waals surface area contributed by atoms with Crippen LogP contribution in [0, 0.1) is 6.92 Å². The van der Waals surface area contributed by atoms with Crippen molar-refractivity contribution in [2.24, 2.45) is 0 Å². The number of H-pyrrole nitrogens is 1. The van der Waals surface area contributed by atoms with Crippen molar-refractivity contribution in [1.29, 1.82) is 0 Å². The van der Waals surface area contributed by atoms with Crippen LogP contribution in [0.15, 0.2) is 23.3 Å². The van der Waals surface area contributed by atoms with Crippen molar-refractivity contribution in [3.8, 4) is 0 Å². The molecule has 2 aromatic heterocycles. The van der Waals surface area contributed by atoms with E-state index in [1.54, 1.807) is 11.1 Å². The fraction of sp³-hybridized carbons (Fsp3) is 0.500. The first kappa shape index (κ1) is 15.9. The fourth-order valence-corrected chi connectivity index (χ4v) is 3.38. The number of hydrogen-bond acceptors (Lipinski definition) is 5. The minimum absolute atomic E-state index is 0.140. The van der Waals surface area contributed by atoms with Crippen molar-refractivity contribution in [3.63, 3.8) is 0 Å². The summed E-state index contributed by atoms with van der Waals surface area (Å²) in [5.74, 6) is 1.94. The van der Waals surface area contributed by atoms with Gasteiger partial charge >= 0.3 is 0 Å². The van der Waals surface area contributed by atoms with Crippen LogP contribution in [0.5, 0.6) is 0 Å². The van der Waals surface area contributed by atoms with Gasteiger partial charge in [0.2, 0.25) is 0 Å². The number of aromatic amines is 1. The highest BCUT2D eigenvalue weighted by Gasteiger charge is 2.29. The van der Waals surface area contributed by atoms with E-state index in [0.29, 0.717) is 30.7 Å². The summed E-state index contributed by atoms with van der Waals surface area (Å²) in [5, 5.41) is 0. The molecule has 25 heavy (non-hydrogen) atoms. The van der Waals surface area contributed by atoms with Crippen LogP contribution in [0.4, 0.5) is 0 Å². The molecule has 130 valence electrons. The summed E-state index contributed by atoms with van der Waals surface area (Å²) in [6.45, 7) is 3.12. The molecule has 1 N–H and O–H groups in total. The van der Waals surface area contributed by atoms with Crippen molar-refractivity contribution < 1.29 is 4.79 Å². The predicted octanol–water partition coefficient (Wildman–Crippen LogP) is 1.77. The molecule has 2 fully saturated rings. The molecule has 7 nitrogen and oxygen atoms in total. The maximum absolute atomic E-state index is 12.7. The molecular formula is C18H21N5O2. The quantitative estimate of drug-likeness (QED) is 0.920. The molecule has 0 unspecified atom stereocenters. The van der Waals surface area contributed by atoms with Gasteiger partial charge in [0.25, 0.3) is 11.5 Å². The van der Waals surface area contributed by atoms with Crippen molar-refractivity contribution in [2.45, 2.75) is 44.4 Å². The molecule has 1 amide bonds. The second-order valence-electron chi connectivity index (χ2n) is 6.88. The average molecular weight is 339 g/mol. The van der Waals surface area contributed by atoms with Crippen LogP contribution in [0.1, 0.15) is 65.2 Å². The molecule has 3 heterocycles. The summed E-state index contributed by atoms with van der Waals surface area (Å²) in [6.07, 6.45) is 7.02. The second-order valence-corrected chi connectivity index (χ2v) is 6.88. The molecule has 0 radical (unpaired) electrons. The van der Waals surface area contributed by atoms with Crippen molar-refractivity contribution in [3.05, 3.63) is 51.7 Å². The summed E-state index contributed by atoms with van der Waals surface area (Å²) in [6, 6.07) is 1.94. The van der Waals surface area contributed by atoms with Gasteiger partial charge in [0, 0.05) is 43.0 Å². The van der Waals surface area contributed by atoms with Crippen molar-refractivity contribution >= 4 is 5.91 Å². The van der Waals surface area contributed by atoms with Gasteiger partial charge in [0.15, 0.2) is 0 Å². The topological polar surface area (TPSA) is 91.8 Å². The lowest BCUT2D eigenvalue weighted by Gasteiger charge is -2.31. The maximum Gasteiger partial charge on any atom is 0.263 e. The maximum atomic E-state index is 12.7. The third-order valence-electron chi connectivity index (χ3n) is 5.01. The standard InChI is InChI=1S/C18H21N5O2/c1-11-19-7-4-15(21-11)12-5-8-23(9-6-12)18(25)14-10-20-16(13-2-3-13)22-17(14)24/h4,7,10,12-13H,2-3,5-6,8-9H2,1H3,(H,20,22,24). The first-order valence-electron chi connectivity index (χ1n) is 8.80. The molecule has 7 heteroatoms. The molecule has 1 aliphatic carbocycles. The van der Waals surface area contributed by atoms with Gasteiger partial charge in [0.05, 0.1) is 0 Å². The first-order chi connectivity index (χ1) is 12.1. The molecule has 0 atom stereocenters. The summed E-state index contributed by atoms with van der Waals surface area (Å²) < 4.78 is 0. The number of likely N-dealkylation sites (tertiary alicyclic amines) is 1. The molecule has 0 aromatic carbocycles. The Hall–Kier alpha value is -2.57.